The highest BCUT2D eigenvalue weighted by molar-refractivity contribution is 6.31. The van der Waals surface area contributed by atoms with E-state index in [4.69, 9.17) is 11.6 Å². The maximum Gasteiger partial charge on any atom is 0.317 e. The number of nitrogens with zero attached hydrogens (tertiary/aromatic N) is 1. The molecule has 3 rings (SSSR count). The lowest BCUT2D eigenvalue weighted by molar-refractivity contribution is -0.0566. The van der Waals surface area contributed by atoms with E-state index in [1.807, 2.05) is 37.1 Å². The number of carbonyl (C=O) groups excluding carboxylic acids is 1. The van der Waals surface area contributed by atoms with E-state index in [0.29, 0.717) is 43.3 Å². The van der Waals surface area contributed by atoms with Crippen molar-refractivity contribution in [3.05, 3.63) is 34.3 Å². The molecule has 35 heavy (non-hydrogen) atoms. The number of carbonyl (C=O) groups is 1. The first-order valence-corrected chi connectivity index (χ1v) is 14.1. The van der Waals surface area contributed by atoms with Crippen LogP contribution in [0.1, 0.15) is 81.8 Å². The zero-order valence-electron chi connectivity index (χ0n) is 21.7. The van der Waals surface area contributed by atoms with Gasteiger partial charge in [0, 0.05) is 43.2 Å². The molecule has 3 atom stereocenters. The first-order chi connectivity index (χ1) is 16.9. The van der Waals surface area contributed by atoms with Crippen LogP contribution >= 0.6 is 11.6 Å². The Morgan fingerprint density at radius 3 is 2.69 bits per heavy atom. The lowest BCUT2D eigenvalue weighted by atomic mass is 9.73. The van der Waals surface area contributed by atoms with Gasteiger partial charge in [-0.25, -0.2) is 4.79 Å². The number of rotatable bonds is 11. The van der Waals surface area contributed by atoms with Crippen molar-refractivity contribution in [3.63, 3.8) is 0 Å². The minimum absolute atomic E-state index is 0.0220. The van der Waals surface area contributed by atoms with E-state index in [0.717, 1.165) is 36.9 Å². The van der Waals surface area contributed by atoms with E-state index in [2.05, 4.69) is 10.6 Å². The Bertz CT molecular complexity index is 802. The summed E-state index contributed by atoms with van der Waals surface area (Å²) in [6.45, 7) is 4.06. The normalized spacial score (nSPS) is 22.0. The lowest BCUT2D eigenvalue weighted by Gasteiger charge is -2.44. The summed E-state index contributed by atoms with van der Waals surface area (Å²) in [5.41, 5.74) is 0.652. The first kappa shape index (κ1) is 28.2. The molecule has 1 saturated heterocycles. The second kappa shape index (κ2) is 13.8. The third kappa shape index (κ3) is 7.58. The molecule has 4 N–H and O–H groups in total. The molecule has 1 aromatic carbocycles. The molecule has 1 heterocycles. The van der Waals surface area contributed by atoms with Crippen molar-refractivity contribution in [1.82, 2.24) is 15.5 Å². The molecule has 1 aromatic rings. The molecule has 0 aromatic heterocycles. The summed E-state index contributed by atoms with van der Waals surface area (Å²) in [6.07, 6.45) is 11.1. The zero-order chi connectivity index (χ0) is 25.3. The van der Waals surface area contributed by atoms with Gasteiger partial charge >= 0.3 is 6.03 Å². The van der Waals surface area contributed by atoms with Crippen LogP contribution in [-0.2, 0) is 5.60 Å². The number of benzene rings is 1. The summed E-state index contributed by atoms with van der Waals surface area (Å²) in [6, 6.07) is 5.80. The number of piperidine rings is 1. The summed E-state index contributed by atoms with van der Waals surface area (Å²) < 4.78 is 0. The molecule has 2 amide bonds. The van der Waals surface area contributed by atoms with Gasteiger partial charge in [-0.15, -0.1) is 0 Å². The highest BCUT2D eigenvalue weighted by Gasteiger charge is 2.42. The van der Waals surface area contributed by atoms with Crippen LogP contribution < -0.4 is 10.6 Å². The van der Waals surface area contributed by atoms with Gasteiger partial charge in [0.05, 0.1) is 5.60 Å². The smallest absolute Gasteiger partial charge is 0.317 e. The molecule has 0 radical (unpaired) electrons. The van der Waals surface area contributed by atoms with Gasteiger partial charge < -0.3 is 25.7 Å². The Balaban J connectivity index is 1.72. The van der Waals surface area contributed by atoms with Crippen molar-refractivity contribution in [2.24, 2.45) is 11.8 Å². The lowest BCUT2D eigenvalue weighted by Crippen LogP contribution is -2.54. The van der Waals surface area contributed by atoms with Crippen molar-refractivity contribution in [2.75, 3.05) is 33.3 Å². The van der Waals surface area contributed by atoms with Crippen LogP contribution in [0.25, 0.3) is 0 Å². The maximum atomic E-state index is 13.4. The number of nitrogens with one attached hydrogen (secondary N) is 2. The fraction of sp³-hybridized carbons (Fsp3) is 0.750. The SMILES string of the molecule is CNC[C@H](CC1CCCCC1)NC(=O)N1CCC[C@@H]([C@@](O)(CCCCO)c2cccc(Cl)c2C)C1. The van der Waals surface area contributed by atoms with Crippen LogP contribution in [-0.4, -0.2) is 60.5 Å². The number of halogens is 1. The Morgan fingerprint density at radius 2 is 1.97 bits per heavy atom. The van der Waals surface area contributed by atoms with Gasteiger partial charge in [0.25, 0.3) is 0 Å². The number of aliphatic hydroxyl groups is 2. The van der Waals surface area contributed by atoms with Crippen LogP contribution in [0.5, 0.6) is 0 Å². The van der Waals surface area contributed by atoms with Crippen molar-refractivity contribution < 1.29 is 15.0 Å². The van der Waals surface area contributed by atoms with E-state index < -0.39 is 5.60 Å². The summed E-state index contributed by atoms with van der Waals surface area (Å²) >= 11 is 6.43. The average molecular weight is 508 g/mol. The Morgan fingerprint density at radius 1 is 1.20 bits per heavy atom. The standard InChI is InChI=1S/C28H46ClN3O3/c1-21-25(13-8-14-26(21)29)28(35,15-6-7-17-33)23-12-9-16-32(20-23)27(34)31-24(19-30-2)18-22-10-4-3-5-11-22/h8,13-14,22-24,30,33,35H,3-7,9-12,15-20H2,1-2H3,(H,31,34)/t23-,24+,28+/m1/s1. The van der Waals surface area contributed by atoms with Crippen LogP contribution in [0.3, 0.4) is 0 Å². The number of amides is 2. The van der Waals surface area contributed by atoms with E-state index in [9.17, 15) is 15.0 Å². The van der Waals surface area contributed by atoms with Gasteiger partial charge in [0.2, 0.25) is 0 Å². The highest BCUT2D eigenvalue weighted by Crippen LogP contribution is 2.42. The predicted molar refractivity (Wildman–Crippen MR) is 143 cm³/mol. The van der Waals surface area contributed by atoms with Gasteiger partial charge in [-0.3, -0.25) is 0 Å². The first-order valence-electron chi connectivity index (χ1n) is 13.7. The van der Waals surface area contributed by atoms with Crippen LogP contribution in [0, 0.1) is 18.8 Å². The molecular weight excluding hydrogens is 462 g/mol. The number of likely N-dealkylation sites (N-methyl/N-ethyl adjacent to an activating group) is 1. The second-order valence-corrected chi connectivity index (χ2v) is 11.2. The quantitative estimate of drug-likeness (QED) is 0.318. The van der Waals surface area contributed by atoms with Crippen LogP contribution in [0.4, 0.5) is 4.79 Å². The number of urea groups is 1. The Kier molecular flexibility index (Phi) is 11.2. The molecule has 198 valence electrons. The molecular formula is C28H46ClN3O3. The number of aliphatic hydroxyl groups excluding tert-OH is 1. The molecule has 2 fully saturated rings. The topological polar surface area (TPSA) is 84.8 Å². The summed E-state index contributed by atoms with van der Waals surface area (Å²) in [5, 5.41) is 28.7. The fourth-order valence-corrected chi connectivity index (χ4v) is 6.40. The molecule has 6 nitrogen and oxygen atoms in total. The summed E-state index contributed by atoms with van der Waals surface area (Å²) in [4.78, 5) is 15.3. The van der Waals surface area contributed by atoms with Crippen LogP contribution in [0.2, 0.25) is 5.02 Å². The second-order valence-electron chi connectivity index (χ2n) is 10.7. The maximum absolute atomic E-state index is 13.4. The molecule has 1 aliphatic carbocycles. The molecule has 2 aliphatic rings. The third-order valence-electron chi connectivity index (χ3n) is 8.20. The Hall–Kier alpha value is -1.34. The van der Waals surface area contributed by atoms with Gasteiger partial charge in [-0.2, -0.15) is 0 Å². The van der Waals surface area contributed by atoms with Crippen molar-refractivity contribution in [2.45, 2.75) is 89.2 Å². The number of hydrogen-bond acceptors (Lipinski definition) is 4. The van der Waals surface area contributed by atoms with Crippen molar-refractivity contribution >= 4 is 17.6 Å². The number of likely N-dealkylation sites (tertiary alicyclic amines) is 1. The monoisotopic (exact) mass is 507 g/mol. The number of hydrogen-bond donors (Lipinski definition) is 4. The van der Waals surface area contributed by atoms with E-state index >= 15 is 0 Å². The van der Waals surface area contributed by atoms with E-state index in [1.165, 1.54) is 32.1 Å². The van der Waals surface area contributed by atoms with Crippen molar-refractivity contribution in [3.8, 4) is 0 Å². The molecule has 0 spiro atoms. The van der Waals surface area contributed by atoms with Gasteiger partial charge in [0.15, 0.2) is 0 Å². The molecule has 7 heteroatoms. The molecule has 1 saturated carbocycles. The molecule has 0 bridgehead atoms. The largest absolute Gasteiger partial charge is 0.396 e. The number of unbranched alkanes of at least 4 members (excludes halogenated alkanes) is 1. The summed E-state index contributed by atoms with van der Waals surface area (Å²) in [7, 11) is 1.94. The van der Waals surface area contributed by atoms with Gasteiger partial charge in [-0.1, -0.05) is 55.8 Å². The van der Waals surface area contributed by atoms with E-state index in [1.54, 1.807) is 0 Å². The minimum Gasteiger partial charge on any atom is -0.396 e. The highest BCUT2D eigenvalue weighted by atomic mass is 35.5. The van der Waals surface area contributed by atoms with Crippen LogP contribution in [0.15, 0.2) is 18.2 Å². The molecule has 0 unspecified atom stereocenters. The summed E-state index contributed by atoms with van der Waals surface area (Å²) in [5.74, 6) is 0.609. The predicted octanol–water partition coefficient (Wildman–Crippen LogP) is 4.98. The fourth-order valence-electron chi connectivity index (χ4n) is 6.22. The third-order valence-corrected chi connectivity index (χ3v) is 8.61. The van der Waals surface area contributed by atoms with Gasteiger partial charge in [-0.05, 0) is 75.6 Å². The molecule has 1 aliphatic heterocycles. The zero-order valence-corrected chi connectivity index (χ0v) is 22.5. The Labute approximate surface area is 216 Å². The van der Waals surface area contributed by atoms with Gasteiger partial charge in [0.1, 0.15) is 0 Å². The van der Waals surface area contributed by atoms with E-state index in [-0.39, 0.29) is 24.6 Å². The average Bonchev–Trinajstić information content (AvgIpc) is 2.86. The van der Waals surface area contributed by atoms with Crippen molar-refractivity contribution in [1.29, 1.82) is 0 Å². The minimum atomic E-state index is -1.09.